The minimum absolute atomic E-state index is 0.310. The molecule has 140 valence electrons. The van der Waals surface area contributed by atoms with Crippen molar-refractivity contribution in [2.24, 2.45) is 0 Å². The summed E-state index contributed by atoms with van der Waals surface area (Å²) in [6.07, 6.45) is 1.73. The smallest absolute Gasteiger partial charge is 0.298 e. The molecule has 2 amide bonds. The summed E-state index contributed by atoms with van der Waals surface area (Å²) in [5.41, 5.74) is 3.87. The van der Waals surface area contributed by atoms with Gasteiger partial charge in [0.05, 0.1) is 10.6 Å². The third-order valence-electron chi connectivity index (χ3n) is 4.63. The predicted octanol–water partition coefficient (Wildman–Crippen LogP) is 5.47. The van der Waals surface area contributed by atoms with Gasteiger partial charge in [-0.25, -0.2) is 9.29 Å². The molecule has 28 heavy (non-hydrogen) atoms. The summed E-state index contributed by atoms with van der Waals surface area (Å²) in [6, 6.07) is 17.2. The van der Waals surface area contributed by atoms with E-state index in [9.17, 15) is 14.0 Å². The highest BCUT2D eigenvalue weighted by Crippen LogP contribution is 2.36. The van der Waals surface area contributed by atoms with Gasteiger partial charge < -0.3 is 4.57 Å². The van der Waals surface area contributed by atoms with E-state index in [0.717, 1.165) is 28.7 Å². The van der Waals surface area contributed by atoms with Gasteiger partial charge in [-0.15, -0.1) is 0 Å². The molecule has 2 aromatic carbocycles. The molecule has 0 unspecified atom stereocenters. The van der Waals surface area contributed by atoms with E-state index in [4.69, 9.17) is 0 Å². The molecule has 1 aromatic heterocycles. The molecule has 1 aliphatic heterocycles. The second-order valence-corrected chi connectivity index (χ2v) is 7.49. The number of aromatic nitrogens is 1. The number of thioether (sulfide) groups is 1. The summed E-state index contributed by atoms with van der Waals surface area (Å²) in [7, 11) is 0. The summed E-state index contributed by atoms with van der Waals surface area (Å²) < 4.78 is 15.6. The largest absolute Gasteiger partial charge is 0.318 e. The molecule has 0 bridgehead atoms. The van der Waals surface area contributed by atoms with Gasteiger partial charge >= 0.3 is 0 Å². The van der Waals surface area contributed by atoms with Crippen molar-refractivity contribution < 1.29 is 14.0 Å². The molecule has 4 nitrogen and oxygen atoms in total. The van der Waals surface area contributed by atoms with Gasteiger partial charge in [0.1, 0.15) is 5.82 Å². The lowest BCUT2D eigenvalue weighted by Crippen LogP contribution is -2.27. The lowest BCUT2D eigenvalue weighted by atomic mass is 10.2. The number of aryl methyl sites for hydroxylation is 1. The first kappa shape index (κ1) is 18.3. The lowest BCUT2D eigenvalue weighted by Gasteiger charge is -2.11. The van der Waals surface area contributed by atoms with E-state index in [0.29, 0.717) is 16.3 Å². The van der Waals surface area contributed by atoms with E-state index in [1.54, 1.807) is 36.4 Å². The van der Waals surface area contributed by atoms with Crippen LogP contribution in [0.1, 0.15) is 17.0 Å². The number of rotatable bonds is 3. The second kappa shape index (κ2) is 7.13. The van der Waals surface area contributed by atoms with E-state index in [2.05, 4.69) is 0 Å². The van der Waals surface area contributed by atoms with E-state index >= 15 is 0 Å². The number of hydrogen-bond donors (Lipinski definition) is 0. The average Bonchev–Trinajstić information content (AvgIpc) is 3.11. The maximum absolute atomic E-state index is 13.6. The number of carbonyl (C=O) groups excluding carboxylic acids is 2. The van der Waals surface area contributed by atoms with Crippen LogP contribution in [0, 0.1) is 19.7 Å². The molecule has 1 fully saturated rings. The van der Waals surface area contributed by atoms with E-state index in [1.807, 2.05) is 36.6 Å². The zero-order chi connectivity index (χ0) is 19.8. The van der Waals surface area contributed by atoms with E-state index in [1.165, 1.54) is 17.0 Å². The Morgan fingerprint density at radius 2 is 1.64 bits per heavy atom. The van der Waals surface area contributed by atoms with Crippen LogP contribution in [0.5, 0.6) is 0 Å². The first-order chi connectivity index (χ1) is 13.5. The Hall–Kier alpha value is -3.12. The van der Waals surface area contributed by atoms with Crippen molar-refractivity contribution in [3.63, 3.8) is 0 Å². The van der Waals surface area contributed by atoms with Gasteiger partial charge in [-0.2, -0.15) is 0 Å². The van der Waals surface area contributed by atoms with Crippen LogP contribution >= 0.6 is 11.8 Å². The number of hydrogen-bond acceptors (Lipinski definition) is 3. The maximum atomic E-state index is 13.6. The van der Waals surface area contributed by atoms with Crippen LogP contribution < -0.4 is 4.90 Å². The molecule has 0 N–H and O–H groups in total. The predicted molar refractivity (Wildman–Crippen MR) is 110 cm³/mol. The standard InChI is InChI=1S/C22H17FN2O2S/c1-14-11-16(15(2)24(14)19-10-6-7-17(23)13-19)12-20-21(26)25(22(27)28-20)18-8-4-3-5-9-18/h3-13H,1-2H3/b20-12-. The zero-order valence-corrected chi connectivity index (χ0v) is 16.2. The maximum Gasteiger partial charge on any atom is 0.298 e. The quantitative estimate of drug-likeness (QED) is 0.555. The number of carbonyl (C=O) groups is 2. The highest BCUT2D eigenvalue weighted by atomic mass is 32.2. The molecule has 2 heterocycles. The van der Waals surface area contributed by atoms with Crippen LogP contribution in [0.2, 0.25) is 0 Å². The van der Waals surface area contributed by atoms with Gasteiger partial charge in [-0.1, -0.05) is 24.3 Å². The first-order valence-electron chi connectivity index (χ1n) is 8.73. The van der Waals surface area contributed by atoms with Crippen LogP contribution in [0.25, 0.3) is 11.8 Å². The second-order valence-electron chi connectivity index (χ2n) is 6.49. The van der Waals surface area contributed by atoms with Crippen molar-refractivity contribution in [1.29, 1.82) is 0 Å². The Bertz CT molecular complexity index is 1120. The van der Waals surface area contributed by atoms with Crippen molar-refractivity contribution in [2.45, 2.75) is 13.8 Å². The van der Waals surface area contributed by atoms with Gasteiger partial charge in [-0.05, 0) is 73.6 Å². The number of halogens is 1. The Morgan fingerprint density at radius 1 is 0.929 bits per heavy atom. The molecule has 4 rings (SSSR count). The van der Waals surface area contributed by atoms with Gasteiger partial charge in [0.15, 0.2) is 0 Å². The summed E-state index contributed by atoms with van der Waals surface area (Å²) >= 11 is 0.923. The van der Waals surface area contributed by atoms with Crippen LogP contribution in [0.15, 0.2) is 65.6 Å². The minimum Gasteiger partial charge on any atom is -0.318 e. The van der Waals surface area contributed by atoms with Gasteiger partial charge in [-0.3, -0.25) is 9.59 Å². The number of imide groups is 1. The number of nitrogens with zero attached hydrogens (tertiary/aromatic N) is 2. The summed E-state index contributed by atoms with van der Waals surface area (Å²) in [6.45, 7) is 3.83. The number of anilines is 1. The normalized spacial score (nSPS) is 15.7. The average molecular weight is 392 g/mol. The fourth-order valence-electron chi connectivity index (χ4n) is 3.35. The highest BCUT2D eigenvalue weighted by molar-refractivity contribution is 8.19. The van der Waals surface area contributed by atoms with E-state index in [-0.39, 0.29) is 17.0 Å². The molecular formula is C22H17FN2O2S. The molecule has 3 aromatic rings. The van der Waals surface area contributed by atoms with Crippen molar-refractivity contribution in [3.8, 4) is 5.69 Å². The van der Waals surface area contributed by atoms with E-state index < -0.39 is 0 Å². The van der Waals surface area contributed by atoms with Crippen molar-refractivity contribution in [1.82, 2.24) is 4.57 Å². The van der Waals surface area contributed by atoms with Crippen molar-refractivity contribution in [2.75, 3.05) is 4.90 Å². The number of benzene rings is 2. The fourth-order valence-corrected chi connectivity index (χ4v) is 4.19. The monoisotopic (exact) mass is 392 g/mol. The third-order valence-corrected chi connectivity index (χ3v) is 5.50. The summed E-state index contributed by atoms with van der Waals surface area (Å²) in [5.74, 6) is -0.646. The minimum atomic E-state index is -0.336. The molecule has 0 saturated carbocycles. The van der Waals surface area contributed by atoms with Crippen LogP contribution in [0.4, 0.5) is 14.9 Å². The molecule has 1 aliphatic rings. The molecule has 0 radical (unpaired) electrons. The Balaban J connectivity index is 1.72. The van der Waals surface area contributed by atoms with Crippen LogP contribution in [0.3, 0.4) is 0 Å². The molecular weight excluding hydrogens is 375 g/mol. The number of amides is 2. The van der Waals surface area contributed by atoms with Gasteiger partial charge in [0, 0.05) is 17.1 Å². The molecule has 6 heteroatoms. The van der Waals surface area contributed by atoms with Gasteiger partial charge in [0.2, 0.25) is 0 Å². The van der Waals surface area contributed by atoms with Crippen molar-refractivity contribution in [3.05, 3.63) is 88.3 Å². The Labute approximate surface area is 166 Å². The number of para-hydroxylation sites is 1. The molecule has 0 atom stereocenters. The first-order valence-corrected chi connectivity index (χ1v) is 9.55. The Morgan fingerprint density at radius 3 is 2.36 bits per heavy atom. The van der Waals surface area contributed by atoms with Crippen molar-refractivity contribution >= 4 is 34.7 Å². The SMILES string of the molecule is Cc1cc(/C=C2\SC(=O)N(c3ccccc3)C2=O)c(C)n1-c1cccc(F)c1. The Kier molecular flexibility index (Phi) is 4.65. The molecule has 0 spiro atoms. The summed E-state index contributed by atoms with van der Waals surface area (Å²) in [4.78, 5) is 26.7. The lowest BCUT2D eigenvalue weighted by molar-refractivity contribution is -0.113. The molecule has 1 saturated heterocycles. The third kappa shape index (κ3) is 3.16. The summed E-state index contributed by atoms with van der Waals surface area (Å²) in [5, 5.41) is -0.318. The van der Waals surface area contributed by atoms with Crippen LogP contribution in [-0.4, -0.2) is 15.7 Å². The topological polar surface area (TPSA) is 42.3 Å². The van der Waals surface area contributed by atoms with Gasteiger partial charge in [0.25, 0.3) is 11.1 Å². The molecule has 0 aliphatic carbocycles. The zero-order valence-electron chi connectivity index (χ0n) is 15.3. The van der Waals surface area contributed by atoms with Crippen LogP contribution in [-0.2, 0) is 4.79 Å². The highest BCUT2D eigenvalue weighted by Gasteiger charge is 2.36. The fraction of sp³-hybridized carbons (Fsp3) is 0.0909.